The van der Waals surface area contributed by atoms with Crippen LogP contribution in [0.1, 0.15) is 48.4 Å². The molecule has 0 bridgehead atoms. The number of nitrogens with zero attached hydrogens (tertiary/aromatic N) is 1. The van der Waals surface area contributed by atoms with E-state index in [-0.39, 0.29) is 1.43 Å². The van der Waals surface area contributed by atoms with Crippen LogP contribution in [-0.2, 0) is 0 Å². The summed E-state index contributed by atoms with van der Waals surface area (Å²) >= 11 is 0. The zero-order valence-electron chi connectivity index (χ0n) is 10.8. The third-order valence-corrected chi connectivity index (χ3v) is 1.92. The number of hydrogen-bond acceptors (Lipinski definition) is 2. The van der Waals surface area contributed by atoms with Crippen molar-refractivity contribution >= 4 is 0 Å². The van der Waals surface area contributed by atoms with Crippen molar-refractivity contribution in [3.63, 3.8) is 0 Å². The normalized spacial score (nSPS) is 10.3. The van der Waals surface area contributed by atoms with Crippen LogP contribution in [-0.4, -0.2) is 31.6 Å². The van der Waals surface area contributed by atoms with E-state index >= 15 is 0 Å². The van der Waals surface area contributed by atoms with Gasteiger partial charge in [-0.2, -0.15) is 0 Å². The third kappa shape index (κ3) is 14.4. The maximum absolute atomic E-state index is 5.41. The fourth-order valence-electron chi connectivity index (χ4n) is 1.42. The summed E-state index contributed by atoms with van der Waals surface area (Å²) < 4.78 is 0. The molecule has 0 saturated heterocycles. The lowest BCUT2D eigenvalue weighted by Crippen LogP contribution is -2.24. The maximum atomic E-state index is 5.41. The average molecular weight is 204 g/mol. The van der Waals surface area contributed by atoms with E-state index in [2.05, 4.69) is 25.8 Å². The maximum Gasteiger partial charge on any atom is 0.000133 e. The van der Waals surface area contributed by atoms with E-state index in [0.29, 0.717) is 0 Å². The third-order valence-electron chi connectivity index (χ3n) is 1.92. The van der Waals surface area contributed by atoms with Gasteiger partial charge in [-0.05, 0) is 38.9 Å². The molecule has 0 aromatic carbocycles. The molecule has 0 atom stereocenters. The van der Waals surface area contributed by atoms with Gasteiger partial charge in [0.1, 0.15) is 0 Å². The molecule has 90 valence electrons. The smallest absolute Gasteiger partial charge is 0.000133 e. The Hall–Kier alpha value is -0.0800. The van der Waals surface area contributed by atoms with Crippen LogP contribution >= 0.6 is 0 Å². The van der Waals surface area contributed by atoms with E-state index < -0.39 is 0 Å². The summed E-state index contributed by atoms with van der Waals surface area (Å²) in [7, 11) is 2.20. The lowest BCUT2D eigenvalue weighted by Gasteiger charge is -2.18. The summed E-state index contributed by atoms with van der Waals surface area (Å²) in [5.41, 5.74) is 5.41. The Balaban J connectivity index is -0.000000449. The van der Waals surface area contributed by atoms with E-state index in [1.165, 1.54) is 32.4 Å². The van der Waals surface area contributed by atoms with E-state index in [0.717, 1.165) is 12.5 Å². The van der Waals surface area contributed by atoms with Crippen molar-refractivity contribution in [3.8, 4) is 0 Å². The van der Waals surface area contributed by atoms with Crippen molar-refractivity contribution in [1.29, 1.82) is 0 Å². The first-order chi connectivity index (χ1) is 6.66. The molecule has 0 spiro atoms. The summed E-state index contributed by atoms with van der Waals surface area (Å²) in [6.07, 6.45) is 3.74. The van der Waals surface area contributed by atoms with E-state index in [1.807, 2.05) is 13.8 Å². The monoisotopic (exact) mass is 204 g/mol. The predicted molar refractivity (Wildman–Crippen MR) is 68.7 cm³/mol. The minimum atomic E-state index is 0. The van der Waals surface area contributed by atoms with Crippen LogP contribution in [0.15, 0.2) is 0 Å². The summed E-state index contributed by atoms with van der Waals surface area (Å²) in [6.45, 7) is 11.8. The highest BCUT2D eigenvalue weighted by atomic mass is 15.1. The van der Waals surface area contributed by atoms with Crippen molar-refractivity contribution in [2.45, 2.75) is 47.0 Å². The lowest BCUT2D eigenvalue weighted by atomic mass is 10.2. The van der Waals surface area contributed by atoms with E-state index in [1.54, 1.807) is 0 Å². The zero-order chi connectivity index (χ0) is 11.4. The standard InChI is InChI=1S/C10H24N2.C2H6.H2/c1-10(2)9-12(3)8-6-4-5-7-11;1-2;/h10H,4-9,11H2,1-3H3;1-2H3;1H. The second-order valence-electron chi connectivity index (χ2n) is 4.01. The fourth-order valence-corrected chi connectivity index (χ4v) is 1.42. The van der Waals surface area contributed by atoms with Crippen molar-refractivity contribution < 1.29 is 1.43 Å². The Kier molecular flexibility index (Phi) is 15.1. The van der Waals surface area contributed by atoms with Crippen LogP contribution in [0.4, 0.5) is 0 Å². The highest BCUT2D eigenvalue weighted by molar-refractivity contribution is 4.55. The number of nitrogens with two attached hydrogens (primary N) is 1. The molecule has 0 aliphatic heterocycles. The van der Waals surface area contributed by atoms with Crippen LogP contribution in [0.3, 0.4) is 0 Å². The van der Waals surface area contributed by atoms with Gasteiger partial charge >= 0.3 is 0 Å². The van der Waals surface area contributed by atoms with Gasteiger partial charge in [0.15, 0.2) is 0 Å². The fraction of sp³-hybridized carbons (Fsp3) is 1.00. The molecule has 0 aromatic heterocycles. The van der Waals surface area contributed by atoms with Crippen molar-refractivity contribution in [2.75, 3.05) is 26.7 Å². The topological polar surface area (TPSA) is 29.3 Å². The van der Waals surface area contributed by atoms with Crippen molar-refractivity contribution in [3.05, 3.63) is 0 Å². The van der Waals surface area contributed by atoms with E-state index in [9.17, 15) is 0 Å². The minimum absolute atomic E-state index is 0. The van der Waals surface area contributed by atoms with Gasteiger partial charge in [-0.3, -0.25) is 0 Å². The molecule has 0 rings (SSSR count). The first-order valence-corrected chi connectivity index (χ1v) is 6.05. The molecule has 0 aliphatic rings. The molecule has 0 amide bonds. The molecule has 0 unspecified atom stereocenters. The van der Waals surface area contributed by atoms with E-state index in [4.69, 9.17) is 5.73 Å². The molecular weight excluding hydrogens is 172 g/mol. The SMILES string of the molecule is CC.CC(C)CN(C)CCCCCN.[HH]. The second kappa shape index (κ2) is 12.9. The Morgan fingerprint density at radius 2 is 1.71 bits per heavy atom. The van der Waals surface area contributed by atoms with Gasteiger partial charge in [0, 0.05) is 7.97 Å². The number of unbranched alkanes of at least 4 members (excludes halogenated alkanes) is 2. The first kappa shape index (κ1) is 16.4. The molecule has 2 heteroatoms. The largest absolute Gasteiger partial charge is 0.330 e. The Labute approximate surface area is 92.3 Å². The summed E-state index contributed by atoms with van der Waals surface area (Å²) in [6, 6.07) is 0. The molecule has 0 heterocycles. The zero-order valence-corrected chi connectivity index (χ0v) is 10.8. The molecule has 2 N–H and O–H groups in total. The molecule has 0 aliphatic carbocycles. The summed E-state index contributed by atoms with van der Waals surface area (Å²) in [5, 5.41) is 0. The van der Waals surface area contributed by atoms with Crippen LogP contribution in [0, 0.1) is 5.92 Å². The van der Waals surface area contributed by atoms with Gasteiger partial charge in [-0.15, -0.1) is 0 Å². The average Bonchev–Trinajstić information content (AvgIpc) is 2.15. The van der Waals surface area contributed by atoms with Crippen LogP contribution in [0.2, 0.25) is 0 Å². The highest BCUT2D eigenvalue weighted by Gasteiger charge is 2.00. The Bertz CT molecular complexity index is 97.6. The van der Waals surface area contributed by atoms with Gasteiger partial charge in [-0.1, -0.05) is 34.1 Å². The molecule has 0 fully saturated rings. The van der Waals surface area contributed by atoms with Gasteiger partial charge in [0.2, 0.25) is 0 Å². The molecule has 2 nitrogen and oxygen atoms in total. The lowest BCUT2D eigenvalue weighted by molar-refractivity contribution is 0.289. The molecular formula is C12H32N2. The Morgan fingerprint density at radius 3 is 2.14 bits per heavy atom. The second-order valence-corrected chi connectivity index (χ2v) is 4.01. The number of rotatable bonds is 7. The van der Waals surface area contributed by atoms with Gasteiger partial charge < -0.3 is 10.6 Å². The Morgan fingerprint density at radius 1 is 1.14 bits per heavy atom. The molecule has 0 saturated carbocycles. The van der Waals surface area contributed by atoms with Crippen molar-refractivity contribution in [1.82, 2.24) is 4.90 Å². The summed E-state index contributed by atoms with van der Waals surface area (Å²) in [4.78, 5) is 2.40. The number of hydrogen-bond donors (Lipinski definition) is 1. The van der Waals surface area contributed by atoms with Gasteiger partial charge in [0.25, 0.3) is 0 Å². The predicted octanol–water partition coefficient (Wildman–Crippen LogP) is 2.98. The van der Waals surface area contributed by atoms with Gasteiger partial charge in [-0.25, -0.2) is 0 Å². The minimum Gasteiger partial charge on any atom is -0.330 e. The first-order valence-electron chi connectivity index (χ1n) is 6.05. The summed E-state index contributed by atoms with van der Waals surface area (Å²) in [5.74, 6) is 0.782. The quantitative estimate of drug-likeness (QED) is 0.646. The molecule has 0 aromatic rings. The van der Waals surface area contributed by atoms with Gasteiger partial charge in [0.05, 0.1) is 0 Å². The molecule has 0 radical (unpaired) electrons. The van der Waals surface area contributed by atoms with Crippen LogP contribution < -0.4 is 5.73 Å². The highest BCUT2D eigenvalue weighted by Crippen LogP contribution is 1.99. The van der Waals surface area contributed by atoms with Crippen LogP contribution in [0.5, 0.6) is 0 Å². The van der Waals surface area contributed by atoms with Crippen LogP contribution in [0.25, 0.3) is 0 Å². The van der Waals surface area contributed by atoms with Crippen molar-refractivity contribution in [2.24, 2.45) is 11.7 Å². The molecule has 14 heavy (non-hydrogen) atoms.